The van der Waals surface area contributed by atoms with E-state index in [0.29, 0.717) is 0 Å². The summed E-state index contributed by atoms with van der Waals surface area (Å²) in [4.78, 5) is 0. The lowest BCUT2D eigenvalue weighted by molar-refractivity contribution is 0.548. The fourth-order valence-corrected chi connectivity index (χ4v) is 0.0722. The van der Waals surface area contributed by atoms with Crippen LogP contribution in [0.2, 0.25) is 0 Å². The Labute approximate surface area is 45.1 Å². The van der Waals surface area contributed by atoms with E-state index in [1.807, 2.05) is 20.9 Å². The highest BCUT2D eigenvalue weighted by atomic mass is 14.9. The molecule has 0 saturated carbocycles. The Bertz CT molecular complexity index is 86.8. The molecular formula is C6H11N. The predicted molar refractivity (Wildman–Crippen MR) is 32.0 cm³/mol. The van der Waals surface area contributed by atoms with Gasteiger partial charge in [-0.1, -0.05) is 5.92 Å². The van der Waals surface area contributed by atoms with Crippen molar-refractivity contribution in [3.63, 3.8) is 0 Å². The van der Waals surface area contributed by atoms with Gasteiger partial charge in [-0.25, -0.2) is 0 Å². The van der Waals surface area contributed by atoms with E-state index in [1.54, 1.807) is 0 Å². The van der Waals surface area contributed by atoms with E-state index in [4.69, 9.17) is 6.42 Å². The van der Waals surface area contributed by atoms with E-state index in [0.717, 1.165) is 0 Å². The number of hydrogen-bond acceptors (Lipinski definition) is 1. The largest absolute Gasteiger partial charge is 0.305 e. The molecule has 0 spiro atoms. The van der Waals surface area contributed by atoms with E-state index >= 15 is 0 Å². The van der Waals surface area contributed by atoms with Crippen LogP contribution in [0.25, 0.3) is 0 Å². The monoisotopic (exact) mass is 97.1 g/mol. The van der Waals surface area contributed by atoms with Crippen LogP contribution in [0.1, 0.15) is 13.8 Å². The summed E-state index contributed by atoms with van der Waals surface area (Å²) in [5.41, 5.74) is -0.139. The summed E-state index contributed by atoms with van der Waals surface area (Å²) < 4.78 is 0. The van der Waals surface area contributed by atoms with Crippen molar-refractivity contribution < 1.29 is 0 Å². The van der Waals surface area contributed by atoms with Gasteiger partial charge in [0.05, 0.1) is 5.54 Å². The standard InChI is InChI=1S/C6H11N/c1-5-6(2,3)7-4/h1,7H,2-4H3. The van der Waals surface area contributed by atoms with Crippen molar-refractivity contribution in [3.05, 3.63) is 0 Å². The Balaban J connectivity index is 3.66. The quantitative estimate of drug-likeness (QED) is 0.473. The first-order valence-corrected chi connectivity index (χ1v) is 2.29. The molecule has 0 heterocycles. The van der Waals surface area contributed by atoms with Crippen molar-refractivity contribution in [2.45, 2.75) is 19.4 Å². The number of rotatable bonds is 1. The highest BCUT2D eigenvalue weighted by Crippen LogP contribution is 1.94. The first-order chi connectivity index (χ1) is 3.12. The third kappa shape index (κ3) is 2.24. The van der Waals surface area contributed by atoms with Gasteiger partial charge in [0.25, 0.3) is 0 Å². The molecule has 0 aliphatic rings. The first kappa shape index (κ1) is 6.52. The Morgan fingerprint density at radius 1 is 1.57 bits per heavy atom. The van der Waals surface area contributed by atoms with Crippen LogP contribution in [-0.4, -0.2) is 12.6 Å². The lowest BCUT2D eigenvalue weighted by Gasteiger charge is -2.14. The molecule has 0 atom stereocenters. The van der Waals surface area contributed by atoms with Gasteiger partial charge in [-0.15, -0.1) is 6.42 Å². The van der Waals surface area contributed by atoms with Crippen molar-refractivity contribution in [1.29, 1.82) is 0 Å². The lowest BCUT2D eigenvalue weighted by atomic mass is 10.1. The molecule has 0 aromatic rings. The van der Waals surface area contributed by atoms with Gasteiger partial charge >= 0.3 is 0 Å². The molecular weight excluding hydrogens is 86.1 g/mol. The van der Waals surface area contributed by atoms with Gasteiger partial charge in [-0.2, -0.15) is 0 Å². The van der Waals surface area contributed by atoms with Crippen LogP contribution < -0.4 is 5.32 Å². The fourth-order valence-electron chi connectivity index (χ4n) is 0.0722. The Kier molecular flexibility index (Phi) is 1.86. The Morgan fingerprint density at radius 3 is 2.00 bits per heavy atom. The molecule has 1 N–H and O–H groups in total. The minimum atomic E-state index is -0.139. The van der Waals surface area contributed by atoms with Crippen molar-refractivity contribution in [2.24, 2.45) is 0 Å². The molecule has 0 radical (unpaired) electrons. The molecule has 0 saturated heterocycles. The average Bonchev–Trinajstić information content (AvgIpc) is 1.68. The molecule has 0 amide bonds. The second kappa shape index (κ2) is 1.99. The van der Waals surface area contributed by atoms with Crippen LogP contribution >= 0.6 is 0 Å². The number of nitrogens with one attached hydrogen (secondary N) is 1. The maximum Gasteiger partial charge on any atom is 0.0738 e. The van der Waals surface area contributed by atoms with Gasteiger partial charge in [0.1, 0.15) is 0 Å². The summed E-state index contributed by atoms with van der Waals surface area (Å²) in [7, 11) is 1.85. The first-order valence-electron chi connectivity index (χ1n) is 2.29. The zero-order valence-corrected chi connectivity index (χ0v) is 5.08. The van der Waals surface area contributed by atoms with Crippen LogP contribution in [0.4, 0.5) is 0 Å². The minimum absolute atomic E-state index is 0.139. The lowest BCUT2D eigenvalue weighted by Crippen LogP contribution is -2.33. The summed E-state index contributed by atoms with van der Waals surface area (Å²) in [6.07, 6.45) is 5.10. The normalized spacial score (nSPS) is 10.6. The van der Waals surface area contributed by atoms with Gasteiger partial charge in [-0.3, -0.25) is 0 Å². The van der Waals surface area contributed by atoms with Crippen LogP contribution in [0, 0.1) is 12.3 Å². The SMILES string of the molecule is C#CC(C)(C)NC. The molecule has 40 valence electrons. The zero-order valence-electron chi connectivity index (χ0n) is 5.08. The summed E-state index contributed by atoms with van der Waals surface area (Å²) in [6, 6.07) is 0. The second-order valence-electron chi connectivity index (χ2n) is 2.02. The van der Waals surface area contributed by atoms with E-state index in [1.165, 1.54) is 0 Å². The van der Waals surface area contributed by atoms with Gasteiger partial charge in [0, 0.05) is 0 Å². The number of terminal acetylenes is 1. The van der Waals surface area contributed by atoms with Crippen molar-refractivity contribution in [1.82, 2.24) is 5.32 Å². The molecule has 0 fully saturated rings. The minimum Gasteiger partial charge on any atom is -0.305 e. The van der Waals surface area contributed by atoms with Crippen molar-refractivity contribution in [3.8, 4) is 12.3 Å². The molecule has 0 unspecified atom stereocenters. The molecule has 1 heteroatoms. The third-order valence-electron chi connectivity index (χ3n) is 0.986. The van der Waals surface area contributed by atoms with E-state index in [2.05, 4.69) is 11.2 Å². The van der Waals surface area contributed by atoms with E-state index in [-0.39, 0.29) is 5.54 Å². The van der Waals surface area contributed by atoms with E-state index < -0.39 is 0 Å². The van der Waals surface area contributed by atoms with Crippen LogP contribution in [0.5, 0.6) is 0 Å². The molecule has 0 aliphatic carbocycles. The summed E-state index contributed by atoms with van der Waals surface area (Å²) in [6.45, 7) is 3.90. The third-order valence-corrected chi connectivity index (χ3v) is 0.986. The smallest absolute Gasteiger partial charge is 0.0738 e. The molecule has 7 heavy (non-hydrogen) atoms. The molecule has 1 nitrogen and oxygen atoms in total. The Hall–Kier alpha value is -0.480. The predicted octanol–water partition coefficient (Wildman–Crippen LogP) is 0.618. The maximum atomic E-state index is 5.10. The van der Waals surface area contributed by atoms with Gasteiger partial charge < -0.3 is 5.32 Å². The highest BCUT2D eigenvalue weighted by Gasteiger charge is 2.06. The fraction of sp³-hybridized carbons (Fsp3) is 0.667. The second-order valence-corrected chi connectivity index (χ2v) is 2.02. The van der Waals surface area contributed by atoms with Gasteiger partial charge in [0.2, 0.25) is 0 Å². The molecule has 0 rings (SSSR count). The zero-order chi connectivity index (χ0) is 5.91. The van der Waals surface area contributed by atoms with Crippen LogP contribution in [-0.2, 0) is 0 Å². The summed E-state index contributed by atoms with van der Waals surface area (Å²) >= 11 is 0. The molecule has 0 bridgehead atoms. The maximum absolute atomic E-state index is 5.10. The average molecular weight is 97.2 g/mol. The van der Waals surface area contributed by atoms with Crippen molar-refractivity contribution in [2.75, 3.05) is 7.05 Å². The summed E-state index contributed by atoms with van der Waals surface area (Å²) in [5.74, 6) is 2.58. The van der Waals surface area contributed by atoms with Crippen molar-refractivity contribution >= 4 is 0 Å². The van der Waals surface area contributed by atoms with Crippen LogP contribution in [0.3, 0.4) is 0 Å². The highest BCUT2D eigenvalue weighted by molar-refractivity contribution is 5.06. The van der Waals surface area contributed by atoms with E-state index in [9.17, 15) is 0 Å². The summed E-state index contributed by atoms with van der Waals surface area (Å²) in [5, 5.41) is 2.95. The van der Waals surface area contributed by atoms with Gasteiger partial charge in [0.15, 0.2) is 0 Å². The Morgan fingerprint density at radius 2 is 2.00 bits per heavy atom. The molecule has 0 aromatic heterocycles. The van der Waals surface area contributed by atoms with Gasteiger partial charge in [-0.05, 0) is 20.9 Å². The molecule has 0 aromatic carbocycles. The molecule has 0 aliphatic heterocycles. The number of hydrogen-bond donors (Lipinski definition) is 1. The van der Waals surface area contributed by atoms with Crippen LogP contribution in [0.15, 0.2) is 0 Å². The topological polar surface area (TPSA) is 12.0 Å².